The Hall–Kier alpha value is -2.31. The van der Waals surface area contributed by atoms with Crippen LogP contribution in [0.2, 0.25) is 5.02 Å². The van der Waals surface area contributed by atoms with E-state index in [9.17, 15) is 20.1 Å². The van der Waals surface area contributed by atoms with Crippen LogP contribution in [0.3, 0.4) is 0 Å². The largest absolute Gasteiger partial charge is 0.387 e. The molecule has 0 spiro atoms. The summed E-state index contributed by atoms with van der Waals surface area (Å²) in [5.41, 5.74) is 0.493. The Balaban J connectivity index is 0.00000109. The Morgan fingerprint density at radius 3 is 2.54 bits per heavy atom. The number of nitrogens with zero attached hydrogens (tertiary/aromatic N) is 2. The van der Waals surface area contributed by atoms with Gasteiger partial charge in [-0.25, -0.2) is 0 Å². The van der Waals surface area contributed by atoms with Crippen LogP contribution in [0.15, 0.2) is 47.7 Å². The minimum absolute atomic E-state index is 0.333. The lowest BCUT2D eigenvalue weighted by Crippen LogP contribution is -2.34. The molecule has 1 aromatic carbocycles. The lowest BCUT2D eigenvalue weighted by atomic mass is 9.99. The van der Waals surface area contributed by atoms with Crippen LogP contribution in [0, 0.1) is 0 Å². The van der Waals surface area contributed by atoms with Crippen LogP contribution in [0.4, 0.5) is 0 Å². The minimum atomic E-state index is -1.32. The molecule has 4 rings (SSSR count). The number of aromatic nitrogens is 3. The zero-order valence-corrected chi connectivity index (χ0v) is 15.3. The monoisotopic (exact) mass is 409 g/mol. The molecule has 10 nitrogen and oxygen atoms in total. The molecule has 0 amide bonds. The normalized spacial score (nSPS) is 25.4. The smallest absolute Gasteiger partial charge is 0.282 e. The first-order chi connectivity index (χ1) is 13.5. The van der Waals surface area contributed by atoms with Gasteiger partial charge in [0, 0.05) is 11.2 Å². The molecule has 1 fully saturated rings. The molecule has 150 valence electrons. The number of nitrogens with one attached hydrogen (secondary N) is 1. The molecule has 0 radical (unpaired) electrons. The Labute approximate surface area is 163 Å². The number of hydrogen-bond donors (Lipinski definition) is 6. The molecule has 2 aromatic heterocycles. The molecule has 3 heterocycles. The number of rotatable bonds is 3. The van der Waals surface area contributed by atoms with E-state index in [-0.39, 0.29) is 0 Å². The first kappa shape index (κ1) is 20.4. The van der Waals surface area contributed by atoms with Gasteiger partial charge in [0.05, 0.1) is 11.7 Å². The number of hydrazine groups is 1. The molecule has 0 bridgehead atoms. The number of hydrogen-bond acceptors (Lipinski definition) is 8. The standard InChI is InChI=1S/C17H16ClN3O5.H4N2/c18-9-3-1-8(2-4-9)11(22)14-12(23)13(24)17(26-14)21-6-5-10-15(21)19-7-20-16(10)25;1-2/h1-7,11-14,17,22-24H,(H,19,20,25);1-2H2/t11?,12-,13+,14+,17+;/m0./s1. The minimum Gasteiger partial charge on any atom is -0.387 e. The van der Waals surface area contributed by atoms with Crippen LogP contribution < -0.4 is 17.2 Å². The number of aliphatic hydroxyl groups is 3. The van der Waals surface area contributed by atoms with E-state index >= 15 is 0 Å². The first-order valence-corrected chi connectivity index (χ1v) is 8.68. The van der Waals surface area contributed by atoms with Crippen molar-refractivity contribution in [2.75, 3.05) is 0 Å². The molecule has 1 aliphatic heterocycles. The summed E-state index contributed by atoms with van der Waals surface area (Å²) in [4.78, 5) is 18.3. The second kappa shape index (κ2) is 8.37. The second-order valence-electron chi connectivity index (χ2n) is 6.16. The summed E-state index contributed by atoms with van der Waals surface area (Å²) < 4.78 is 7.26. The van der Waals surface area contributed by atoms with Gasteiger partial charge in [-0.1, -0.05) is 23.7 Å². The van der Waals surface area contributed by atoms with Gasteiger partial charge in [-0.05, 0) is 23.8 Å². The highest BCUT2D eigenvalue weighted by atomic mass is 35.5. The number of halogens is 1. The van der Waals surface area contributed by atoms with Crippen LogP contribution in [0.25, 0.3) is 11.0 Å². The maximum absolute atomic E-state index is 11.8. The fourth-order valence-electron chi connectivity index (χ4n) is 3.23. The Morgan fingerprint density at radius 2 is 1.86 bits per heavy atom. The summed E-state index contributed by atoms with van der Waals surface area (Å²) in [6.07, 6.45) is -3.01. The molecule has 1 aliphatic rings. The van der Waals surface area contributed by atoms with Crippen LogP contribution in [0.1, 0.15) is 17.9 Å². The third-order valence-electron chi connectivity index (χ3n) is 4.60. The van der Waals surface area contributed by atoms with Crippen LogP contribution in [0.5, 0.6) is 0 Å². The van der Waals surface area contributed by atoms with Crippen LogP contribution >= 0.6 is 11.6 Å². The molecule has 28 heavy (non-hydrogen) atoms. The van der Waals surface area contributed by atoms with Crippen molar-refractivity contribution in [3.8, 4) is 0 Å². The van der Waals surface area contributed by atoms with Gasteiger partial charge in [0.25, 0.3) is 5.56 Å². The predicted octanol–water partition coefficient (Wildman–Crippen LogP) is -0.450. The van der Waals surface area contributed by atoms with E-state index < -0.39 is 36.2 Å². The van der Waals surface area contributed by atoms with Gasteiger partial charge in [0.15, 0.2) is 6.23 Å². The number of aromatic amines is 1. The highest BCUT2D eigenvalue weighted by Gasteiger charge is 2.47. The Bertz CT molecular complexity index is 992. The number of benzene rings is 1. The lowest BCUT2D eigenvalue weighted by Gasteiger charge is -2.21. The molecule has 0 saturated carbocycles. The first-order valence-electron chi connectivity index (χ1n) is 8.30. The van der Waals surface area contributed by atoms with E-state index in [0.717, 1.165) is 0 Å². The van der Waals surface area contributed by atoms with E-state index in [4.69, 9.17) is 16.3 Å². The zero-order chi connectivity index (χ0) is 20.4. The van der Waals surface area contributed by atoms with E-state index in [2.05, 4.69) is 21.7 Å². The van der Waals surface area contributed by atoms with Crippen molar-refractivity contribution in [3.05, 3.63) is 63.8 Å². The molecule has 0 aliphatic carbocycles. The maximum Gasteiger partial charge on any atom is 0.282 e. The summed E-state index contributed by atoms with van der Waals surface area (Å²) in [6.45, 7) is 0. The number of ether oxygens (including phenoxy) is 1. The van der Waals surface area contributed by atoms with Crippen molar-refractivity contribution in [2.45, 2.75) is 30.6 Å². The summed E-state index contributed by atoms with van der Waals surface area (Å²) in [7, 11) is 0. The van der Waals surface area contributed by atoms with Gasteiger partial charge in [-0.3, -0.25) is 16.5 Å². The third-order valence-corrected chi connectivity index (χ3v) is 4.85. The molecule has 1 unspecified atom stereocenters. The molecule has 8 N–H and O–H groups in total. The van der Waals surface area contributed by atoms with Crippen LogP contribution in [-0.2, 0) is 4.74 Å². The average molecular weight is 410 g/mol. The molecule has 1 saturated heterocycles. The van der Waals surface area contributed by atoms with Gasteiger partial charge >= 0.3 is 0 Å². The van der Waals surface area contributed by atoms with E-state index in [1.165, 1.54) is 10.9 Å². The molecule has 5 atom stereocenters. The van der Waals surface area contributed by atoms with Crippen molar-refractivity contribution in [2.24, 2.45) is 11.7 Å². The van der Waals surface area contributed by atoms with Crippen molar-refractivity contribution in [3.63, 3.8) is 0 Å². The Kier molecular flexibility index (Phi) is 6.10. The van der Waals surface area contributed by atoms with Gasteiger partial charge < -0.3 is 29.6 Å². The van der Waals surface area contributed by atoms with Crippen molar-refractivity contribution in [1.82, 2.24) is 14.5 Å². The highest BCUT2D eigenvalue weighted by Crippen LogP contribution is 2.37. The van der Waals surface area contributed by atoms with Crippen molar-refractivity contribution in [1.29, 1.82) is 0 Å². The zero-order valence-electron chi connectivity index (χ0n) is 14.5. The van der Waals surface area contributed by atoms with Crippen LogP contribution in [-0.4, -0.2) is 48.2 Å². The molecular weight excluding hydrogens is 390 g/mol. The summed E-state index contributed by atoms with van der Waals surface area (Å²) in [6, 6.07) is 8.03. The van der Waals surface area contributed by atoms with Crippen molar-refractivity contribution >= 4 is 22.6 Å². The number of aliphatic hydroxyl groups excluding tert-OH is 3. The summed E-state index contributed by atoms with van der Waals surface area (Å²) >= 11 is 5.85. The SMILES string of the molecule is NN.O=c1nc[nH]c2c1ccn2[C@@H]1O[C@H](C(O)c2ccc(Cl)cc2)[C@@H](O)[C@H]1O. The maximum atomic E-state index is 11.8. The van der Waals surface area contributed by atoms with Gasteiger partial charge in [-0.15, -0.1) is 0 Å². The molecule has 11 heteroatoms. The van der Waals surface area contributed by atoms with E-state index in [0.29, 0.717) is 21.6 Å². The second-order valence-corrected chi connectivity index (χ2v) is 6.60. The molecular formula is C17H20ClN5O5. The number of fused-ring (bicyclic) bond motifs is 1. The number of nitrogens with two attached hydrogens (primary N) is 2. The Morgan fingerprint density at radius 1 is 1.18 bits per heavy atom. The summed E-state index contributed by atoms with van der Waals surface area (Å²) in [5.74, 6) is 8.00. The topological polar surface area (TPSA) is 173 Å². The number of H-pyrrole nitrogens is 1. The van der Waals surface area contributed by atoms with E-state index in [1.54, 1.807) is 36.5 Å². The quantitative estimate of drug-likeness (QED) is 0.249. The predicted molar refractivity (Wildman–Crippen MR) is 101 cm³/mol. The fourth-order valence-corrected chi connectivity index (χ4v) is 3.36. The van der Waals surface area contributed by atoms with Gasteiger partial charge in [0.2, 0.25) is 0 Å². The van der Waals surface area contributed by atoms with Crippen molar-refractivity contribution < 1.29 is 20.1 Å². The summed E-state index contributed by atoms with van der Waals surface area (Å²) in [5, 5.41) is 32.2. The highest BCUT2D eigenvalue weighted by molar-refractivity contribution is 6.30. The van der Waals surface area contributed by atoms with E-state index in [1.807, 2.05) is 0 Å². The average Bonchev–Trinajstić information content (AvgIpc) is 3.26. The lowest BCUT2D eigenvalue weighted by molar-refractivity contribution is -0.0848. The fraction of sp³-hybridized carbons (Fsp3) is 0.294. The third kappa shape index (κ3) is 3.54. The van der Waals surface area contributed by atoms with Gasteiger partial charge in [-0.2, -0.15) is 4.98 Å². The molecule has 3 aromatic rings. The van der Waals surface area contributed by atoms with Gasteiger partial charge in [0.1, 0.15) is 30.1 Å².